The van der Waals surface area contributed by atoms with Crippen molar-refractivity contribution in [2.75, 3.05) is 6.61 Å². The van der Waals surface area contributed by atoms with Crippen LogP contribution in [0.5, 0.6) is 0 Å². The molecule has 0 bridgehead atoms. The Morgan fingerprint density at radius 2 is 1.91 bits per heavy atom. The van der Waals surface area contributed by atoms with Crippen LogP contribution in [-0.4, -0.2) is 23.5 Å². The molecule has 1 aromatic carbocycles. The molecule has 1 atom stereocenters. The summed E-state index contributed by atoms with van der Waals surface area (Å²) < 4.78 is 26.4. The molecule has 2 N–H and O–H groups in total. The lowest BCUT2D eigenvalue weighted by molar-refractivity contribution is -0.130. The number of rotatable bonds is 6. The fourth-order valence-corrected chi connectivity index (χ4v) is 2.89. The molecule has 1 aliphatic rings. The molecule has 22 heavy (non-hydrogen) atoms. The summed E-state index contributed by atoms with van der Waals surface area (Å²) in [5, 5.41) is 12.0. The third-order valence-corrected chi connectivity index (χ3v) is 4.26. The van der Waals surface area contributed by atoms with Gasteiger partial charge in [-0.2, -0.15) is 0 Å². The van der Waals surface area contributed by atoms with E-state index in [-0.39, 0.29) is 50.2 Å². The van der Waals surface area contributed by atoms with Crippen molar-refractivity contribution in [1.29, 1.82) is 0 Å². The Bertz CT molecular complexity index is 469. The van der Waals surface area contributed by atoms with E-state index in [1.807, 2.05) is 30.3 Å². The average Bonchev–Trinajstić information content (AvgIpc) is 2.52. The van der Waals surface area contributed by atoms with Crippen molar-refractivity contribution in [2.24, 2.45) is 5.92 Å². The molecule has 1 fully saturated rings. The smallest absolute Gasteiger partial charge is 0.248 e. The summed E-state index contributed by atoms with van der Waals surface area (Å²) in [4.78, 5) is 12.3. The van der Waals surface area contributed by atoms with Crippen molar-refractivity contribution in [3.8, 4) is 0 Å². The molecular weight excluding hydrogens is 288 g/mol. The van der Waals surface area contributed by atoms with Crippen LogP contribution in [0.2, 0.25) is 0 Å². The zero-order valence-electron chi connectivity index (χ0n) is 12.6. The van der Waals surface area contributed by atoms with E-state index in [4.69, 9.17) is 5.11 Å². The van der Waals surface area contributed by atoms with Gasteiger partial charge in [0.2, 0.25) is 11.8 Å². The maximum atomic E-state index is 13.2. The van der Waals surface area contributed by atoms with E-state index in [2.05, 4.69) is 5.32 Å². The van der Waals surface area contributed by atoms with E-state index >= 15 is 0 Å². The first-order valence-electron chi connectivity index (χ1n) is 7.86. The van der Waals surface area contributed by atoms with Crippen LogP contribution in [0.15, 0.2) is 30.3 Å². The van der Waals surface area contributed by atoms with Crippen LogP contribution in [-0.2, 0) is 4.79 Å². The minimum Gasteiger partial charge on any atom is -0.396 e. The fraction of sp³-hybridized carbons (Fsp3) is 0.588. The Morgan fingerprint density at radius 1 is 1.27 bits per heavy atom. The standard InChI is InChI=1S/C17H23F2NO2/c18-17(19)10-8-14(9-11-17)16(22)20-15(7-4-12-21)13-5-2-1-3-6-13/h1-3,5-6,14-15,21H,4,7-12H2,(H,20,22). The van der Waals surface area contributed by atoms with Gasteiger partial charge >= 0.3 is 0 Å². The van der Waals surface area contributed by atoms with Crippen LogP contribution >= 0.6 is 0 Å². The van der Waals surface area contributed by atoms with Crippen LogP contribution < -0.4 is 5.32 Å². The number of nitrogens with one attached hydrogen (secondary N) is 1. The monoisotopic (exact) mass is 311 g/mol. The molecule has 1 aliphatic carbocycles. The molecule has 1 aromatic rings. The molecule has 2 rings (SSSR count). The predicted molar refractivity (Wildman–Crippen MR) is 80.6 cm³/mol. The molecule has 0 saturated heterocycles. The maximum Gasteiger partial charge on any atom is 0.248 e. The average molecular weight is 311 g/mol. The van der Waals surface area contributed by atoms with Crippen LogP contribution in [0, 0.1) is 5.92 Å². The van der Waals surface area contributed by atoms with E-state index in [0.29, 0.717) is 12.8 Å². The second-order valence-electron chi connectivity index (χ2n) is 5.97. The molecule has 0 aliphatic heterocycles. The number of hydrogen-bond acceptors (Lipinski definition) is 2. The van der Waals surface area contributed by atoms with Gasteiger partial charge < -0.3 is 10.4 Å². The Balaban J connectivity index is 1.96. The normalized spacial score (nSPS) is 19.6. The summed E-state index contributed by atoms with van der Waals surface area (Å²) >= 11 is 0. The molecule has 1 saturated carbocycles. The van der Waals surface area contributed by atoms with Gasteiger partial charge in [-0.15, -0.1) is 0 Å². The number of hydrogen-bond donors (Lipinski definition) is 2. The van der Waals surface area contributed by atoms with Gasteiger partial charge in [0.15, 0.2) is 0 Å². The number of alkyl halides is 2. The van der Waals surface area contributed by atoms with Crippen molar-refractivity contribution >= 4 is 5.91 Å². The Labute approximate surface area is 129 Å². The predicted octanol–water partition coefficient (Wildman–Crippen LogP) is 3.44. The van der Waals surface area contributed by atoms with E-state index in [1.165, 1.54) is 0 Å². The number of benzene rings is 1. The third kappa shape index (κ3) is 4.77. The summed E-state index contributed by atoms with van der Waals surface area (Å²) in [6.07, 6.45) is 1.27. The molecule has 5 heteroatoms. The van der Waals surface area contributed by atoms with E-state index in [1.54, 1.807) is 0 Å². The van der Waals surface area contributed by atoms with Crippen molar-refractivity contribution in [3.63, 3.8) is 0 Å². The topological polar surface area (TPSA) is 49.3 Å². The molecular formula is C17H23F2NO2. The second kappa shape index (κ2) is 7.68. The molecule has 1 unspecified atom stereocenters. The molecule has 0 heterocycles. The first-order chi connectivity index (χ1) is 10.5. The lowest BCUT2D eigenvalue weighted by Gasteiger charge is -2.29. The summed E-state index contributed by atoms with van der Waals surface area (Å²) in [7, 11) is 0. The van der Waals surface area contributed by atoms with Gasteiger partial charge in [0.25, 0.3) is 0 Å². The van der Waals surface area contributed by atoms with E-state index < -0.39 is 5.92 Å². The highest BCUT2D eigenvalue weighted by Gasteiger charge is 2.37. The zero-order chi connectivity index (χ0) is 16.0. The van der Waals surface area contributed by atoms with Crippen molar-refractivity contribution in [3.05, 3.63) is 35.9 Å². The number of carbonyl (C=O) groups excluding carboxylic acids is 1. The first kappa shape index (κ1) is 16.9. The highest BCUT2D eigenvalue weighted by molar-refractivity contribution is 5.79. The van der Waals surface area contributed by atoms with Gasteiger partial charge in [0.1, 0.15) is 0 Å². The summed E-state index contributed by atoms with van der Waals surface area (Å²) in [6, 6.07) is 9.37. The van der Waals surface area contributed by atoms with E-state index in [9.17, 15) is 13.6 Å². The Hall–Kier alpha value is -1.49. The highest BCUT2D eigenvalue weighted by atomic mass is 19.3. The molecule has 0 spiro atoms. The van der Waals surface area contributed by atoms with Crippen LogP contribution in [0.4, 0.5) is 8.78 Å². The Morgan fingerprint density at radius 3 is 2.50 bits per heavy atom. The number of amides is 1. The van der Waals surface area contributed by atoms with Gasteiger partial charge in [0.05, 0.1) is 6.04 Å². The molecule has 0 aromatic heterocycles. The summed E-state index contributed by atoms with van der Waals surface area (Å²) in [6.45, 7) is 0.0643. The molecule has 3 nitrogen and oxygen atoms in total. The fourth-order valence-electron chi connectivity index (χ4n) is 2.89. The van der Waals surface area contributed by atoms with Crippen molar-refractivity contribution in [2.45, 2.75) is 50.5 Å². The second-order valence-corrected chi connectivity index (χ2v) is 5.97. The van der Waals surface area contributed by atoms with E-state index in [0.717, 1.165) is 5.56 Å². The quantitative estimate of drug-likeness (QED) is 0.845. The first-order valence-corrected chi connectivity index (χ1v) is 7.86. The lowest BCUT2D eigenvalue weighted by atomic mass is 9.86. The van der Waals surface area contributed by atoms with Crippen molar-refractivity contribution in [1.82, 2.24) is 5.32 Å². The van der Waals surface area contributed by atoms with Crippen LogP contribution in [0.25, 0.3) is 0 Å². The number of halogens is 2. The van der Waals surface area contributed by atoms with Gasteiger partial charge in [-0.3, -0.25) is 4.79 Å². The maximum absolute atomic E-state index is 13.2. The highest BCUT2D eigenvalue weighted by Crippen LogP contribution is 2.36. The SMILES string of the molecule is O=C(NC(CCCO)c1ccccc1)C1CCC(F)(F)CC1. The van der Waals surface area contributed by atoms with Crippen LogP contribution in [0.1, 0.15) is 50.1 Å². The van der Waals surface area contributed by atoms with Crippen LogP contribution in [0.3, 0.4) is 0 Å². The number of carbonyl (C=O) groups is 1. The Kier molecular flexibility index (Phi) is 5.89. The number of aliphatic hydroxyl groups is 1. The summed E-state index contributed by atoms with van der Waals surface area (Å²) in [5.74, 6) is -3.10. The zero-order valence-corrected chi connectivity index (χ0v) is 12.6. The number of aliphatic hydroxyl groups excluding tert-OH is 1. The summed E-state index contributed by atoms with van der Waals surface area (Å²) in [5.41, 5.74) is 0.977. The minimum atomic E-state index is -2.62. The van der Waals surface area contributed by atoms with Gasteiger partial charge in [-0.1, -0.05) is 30.3 Å². The van der Waals surface area contributed by atoms with Gasteiger partial charge in [-0.05, 0) is 31.2 Å². The largest absolute Gasteiger partial charge is 0.396 e. The van der Waals surface area contributed by atoms with Gasteiger partial charge in [0, 0.05) is 25.4 Å². The molecule has 0 radical (unpaired) electrons. The lowest BCUT2D eigenvalue weighted by Crippen LogP contribution is -2.37. The molecule has 122 valence electrons. The van der Waals surface area contributed by atoms with Gasteiger partial charge in [-0.25, -0.2) is 8.78 Å². The third-order valence-electron chi connectivity index (χ3n) is 4.26. The van der Waals surface area contributed by atoms with Crippen molar-refractivity contribution < 1.29 is 18.7 Å². The minimum absolute atomic E-state index is 0.0643. The molecule has 1 amide bonds.